The van der Waals surface area contributed by atoms with Gasteiger partial charge in [0.05, 0.1) is 32.5 Å². The first-order chi connectivity index (χ1) is 12.5. The standard InChI is InChI=1S/C20H19ClN2O3/c21-17-8-6-15(7-9-17)10-18(24)22-13-20(14-22)11-19(25)23(26-20)12-16-4-2-1-3-5-16/h1-9H,10-14H2. The summed E-state index contributed by atoms with van der Waals surface area (Å²) in [4.78, 5) is 32.3. The maximum Gasteiger partial charge on any atom is 0.249 e. The van der Waals surface area contributed by atoms with Crippen molar-refractivity contribution in [3.05, 3.63) is 70.7 Å². The highest BCUT2D eigenvalue weighted by Crippen LogP contribution is 2.36. The Bertz CT molecular complexity index is 817. The molecule has 2 saturated heterocycles. The predicted molar refractivity (Wildman–Crippen MR) is 97.2 cm³/mol. The summed E-state index contributed by atoms with van der Waals surface area (Å²) in [6.45, 7) is 1.34. The lowest BCUT2D eigenvalue weighted by Gasteiger charge is -2.46. The summed E-state index contributed by atoms with van der Waals surface area (Å²) in [6, 6.07) is 17.0. The lowest BCUT2D eigenvalue weighted by atomic mass is 9.90. The van der Waals surface area contributed by atoms with Crippen LogP contribution >= 0.6 is 11.6 Å². The molecule has 0 aromatic heterocycles. The number of benzene rings is 2. The molecule has 2 aromatic rings. The summed E-state index contributed by atoms with van der Waals surface area (Å²) in [5, 5.41) is 2.08. The molecule has 0 N–H and O–H groups in total. The predicted octanol–water partition coefficient (Wildman–Crippen LogP) is 2.83. The van der Waals surface area contributed by atoms with Gasteiger partial charge in [-0.25, -0.2) is 5.06 Å². The molecule has 26 heavy (non-hydrogen) atoms. The van der Waals surface area contributed by atoms with E-state index in [4.69, 9.17) is 16.4 Å². The molecule has 2 aliphatic heterocycles. The summed E-state index contributed by atoms with van der Waals surface area (Å²) in [5.41, 5.74) is 1.39. The summed E-state index contributed by atoms with van der Waals surface area (Å²) >= 11 is 5.87. The van der Waals surface area contributed by atoms with E-state index in [9.17, 15) is 9.59 Å². The molecule has 2 aromatic carbocycles. The van der Waals surface area contributed by atoms with Crippen LogP contribution in [0, 0.1) is 0 Å². The second-order valence-electron chi connectivity index (χ2n) is 6.92. The van der Waals surface area contributed by atoms with E-state index in [1.54, 1.807) is 17.0 Å². The number of nitrogens with zero attached hydrogens (tertiary/aromatic N) is 2. The van der Waals surface area contributed by atoms with Crippen molar-refractivity contribution in [2.75, 3.05) is 13.1 Å². The van der Waals surface area contributed by atoms with E-state index in [-0.39, 0.29) is 11.8 Å². The Morgan fingerprint density at radius 3 is 2.42 bits per heavy atom. The summed E-state index contributed by atoms with van der Waals surface area (Å²) in [5.74, 6) is 0.00848. The largest absolute Gasteiger partial charge is 0.336 e. The Morgan fingerprint density at radius 1 is 1.04 bits per heavy atom. The van der Waals surface area contributed by atoms with E-state index in [1.807, 2.05) is 42.5 Å². The molecular weight excluding hydrogens is 352 g/mol. The Balaban J connectivity index is 1.32. The van der Waals surface area contributed by atoms with E-state index >= 15 is 0 Å². The molecular formula is C20H19ClN2O3. The first-order valence-electron chi connectivity index (χ1n) is 8.59. The average Bonchev–Trinajstić information content (AvgIpc) is 2.93. The second-order valence-corrected chi connectivity index (χ2v) is 7.36. The quantitative estimate of drug-likeness (QED) is 0.831. The summed E-state index contributed by atoms with van der Waals surface area (Å²) in [7, 11) is 0. The topological polar surface area (TPSA) is 49.9 Å². The molecule has 0 radical (unpaired) electrons. The van der Waals surface area contributed by atoms with Gasteiger partial charge >= 0.3 is 0 Å². The second kappa shape index (κ2) is 6.74. The first-order valence-corrected chi connectivity index (χ1v) is 8.96. The maximum absolute atomic E-state index is 12.4. The number of rotatable bonds is 4. The summed E-state index contributed by atoms with van der Waals surface area (Å²) < 4.78 is 0. The molecule has 2 aliphatic rings. The lowest BCUT2D eigenvalue weighted by molar-refractivity contribution is -0.238. The fourth-order valence-electron chi connectivity index (χ4n) is 3.43. The fraction of sp³-hybridized carbons (Fsp3) is 0.300. The molecule has 0 bridgehead atoms. The number of likely N-dealkylation sites (tertiary alicyclic amines) is 1. The SMILES string of the molecule is O=C(Cc1ccc(Cl)cc1)N1CC2(CC(=O)N(Cc3ccccc3)O2)C1. The number of hydrogen-bond donors (Lipinski definition) is 0. The maximum atomic E-state index is 12.4. The molecule has 0 atom stereocenters. The minimum absolute atomic E-state index is 0.0290. The van der Waals surface area contributed by atoms with Crippen LogP contribution in [-0.4, -0.2) is 40.5 Å². The number of hydrogen-bond acceptors (Lipinski definition) is 3. The van der Waals surface area contributed by atoms with Gasteiger partial charge in [-0.3, -0.25) is 14.4 Å². The van der Waals surface area contributed by atoms with E-state index in [0.29, 0.717) is 37.5 Å². The van der Waals surface area contributed by atoms with E-state index < -0.39 is 5.60 Å². The number of carbonyl (C=O) groups is 2. The number of amides is 2. The molecule has 4 rings (SSSR count). The van der Waals surface area contributed by atoms with Gasteiger partial charge in [-0.05, 0) is 23.3 Å². The third-order valence-electron chi connectivity index (χ3n) is 4.80. The van der Waals surface area contributed by atoms with Gasteiger partial charge in [-0.2, -0.15) is 0 Å². The molecule has 0 saturated carbocycles. The van der Waals surface area contributed by atoms with Crippen molar-refractivity contribution in [2.45, 2.75) is 25.0 Å². The Hall–Kier alpha value is -2.37. The number of hydroxylamine groups is 2. The molecule has 5 nitrogen and oxygen atoms in total. The molecule has 1 spiro atoms. The van der Waals surface area contributed by atoms with Crippen molar-refractivity contribution >= 4 is 23.4 Å². The smallest absolute Gasteiger partial charge is 0.249 e. The van der Waals surface area contributed by atoms with Crippen LogP contribution in [0.4, 0.5) is 0 Å². The highest BCUT2D eigenvalue weighted by molar-refractivity contribution is 6.30. The van der Waals surface area contributed by atoms with Crippen LogP contribution in [0.1, 0.15) is 17.5 Å². The Kier molecular flexibility index (Phi) is 4.42. The molecule has 0 unspecified atom stereocenters. The van der Waals surface area contributed by atoms with Gasteiger partial charge in [0.15, 0.2) is 0 Å². The van der Waals surface area contributed by atoms with Crippen molar-refractivity contribution in [2.24, 2.45) is 0 Å². The van der Waals surface area contributed by atoms with Gasteiger partial charge in [-0.1, -0.05) is 54.1 Å². The van der Waals surface area contributed by atoms with Gasteiger partial charge in [-0.15, -0.1) is 0 Å². The highest BCUT2D eigenvalue weighted by atomic mass is 35.5. The summed E-state index contributed by atoms with van der Waals surface area (Å²) in [6.07, 6.45) is 0.652. The van der Waals surface area contributed by atoms with Crippen molar-refractivity contribution in [1.29, 1.82) is 0 Å². The number of carbonyl (C=O) groups excluding carboxylic acids is 2. The van der Waals surface area contributed by atoms with Gasteiger partial charge < -0.3 is 4.90 Å². The molecule has 2 heterocycles. The van der Waals surface area contributed by atoms with E-state index in [1.165, 1.54) is 5.06 Å². The third kappa shape index (κ3) is 3.45. The fourth-order valence-corrected chi connectivity index (χ4v) is 3.56. The molecule has 0 aliphatic carbocycles. The van der Waals surface area contributed by atoms with Gasteiger partial charge in [0.1, 0.15) is 5.60 Å². The lowest BCUT2D eigenvalue weighted by Crippen LogP contribution is -2.63. The molecule has 134 valence electrons. The zero-order valence-electron chi connectivity index (χ0n) is 14.2. The third-order valence-corrected chi connectivity index (χ3v) is 5.06. The zero-order chi connectivity index (χ0) is 18.1. The van der Waals surface area contributed by atoms with Crippen LogP contribution < -0.4 is 0 Å². The Morgan fingerprint density at radius 2 is 1.73 bits per heavy atom. The van der Waals surface area contributed by atoms with Gasteiger partial charge in [0, 0.05) is 5.02 Å². The van der Waals surface area contributed by atoms with Crippen molar-refractivity contribution in [3.8, 4) is 0 Å². The molecule has 2 amide bonds. The van der Waals surface area contributed by atoms with Crippen LogP contribution in [0.15, 0.2) is 54.6 Å². The normalized spacial score (nSPS) is 18.3. The Labute approximate surface area is 157 Å². The van der Waals surface area contributed by atoms with Crippen LogP contribution in [-0.2, 0) is 27.4 Å². The van der Waals surface area contributed by atoms with Crippen molar-refractivity contribution < 1.29 is 14.4 Å². The minimum Gasteiger partial charge on any atom is -0.336 e. The first kappa shape index (κ1) is 17.1. The monoisotopic (exact) mass is 370 g/mol. The van der Waals surface area contributed by atoms with Crippen LogP contribution in [0.3, 0.4) is 0 Å². The van der Waals surface area contributed by atoms with E-state index in [0.717, 1.165) is 11.1 Å². The molecule has 2 fully saturated rings. The minimum atomic E-state index is -0.554. The highest BCUT2D eigenvalue weighted by Gasteiger charge is 2.54. The zero-order valence-corrected chi connectivity index (χ0v) is 15.0. The van der Waals surface area contributed by atoms with Crippen molar-refractivity contribution in [1.82, 2.24) is 9.96 Å². The van der Waals surface area contributed by atoms with Crippen molar-refractivity contribution in [3.63, 3.8) is 0 Å². The average molecular weight is 371 g/mol. The van der Waals surface area contributed by atoms with Crippen LogP contribution in [0.5, 0.6) is 0 Å². The van der Waals surface area contributed by atoms with Gasteiger partial charge in [0.2, 0.25) is 11.8 Å². The number of halogens is 1. The van der Waals surface area contributed by atoms with Crippen LogP contribution in [0.25, 0.3) is 0 Å². The van der Waals surface area contributed by atoms with Gasteiger partial charge in [0.25, 0.3) is 0 Å². The molecule has 6 heteroatoms. The van der Waals surface area contributed by atoms with E-state index in [2.05, 4.69) is 0 Å². The van der Waals surface area contributed by atoms with Crippen LogP contribution in [0.2, 0.25) is 5.02 Å².